The van der Waals surface area contributed by atoms with Gasteiger partial charge in [-0.15, -0.1) is 0 Å². The van der Waals surface area contributed by atoms with Crippen LogP contribution in [0.1, 0.15) is 25.3 Å². The molecule has 1 rings (SSSR count). The minimum Gasteiger partial charge on any atom is -0.397 e. The first-order chi connectivity index (χ1) is 6.37. The zero-order chi connectivity index (χ0) is 11.0. The molecule has 78 valence electrons. The van der Waals surface area contributed by atoms with Crippen LogP contribution >= 0.6 is 46.4 Å². The first-order valence-corrected chi connectivity index (χ1v) is 5.50. The van der Waals surface area contributed by atoms with Crippen molar-refractivity contribution in [1.82, 2.24) is 0 Å². The van der Waals surface area contributed by atoms with Gasteiger partial charge in [0.15, 0.2) is 0 Å². The molecule has 1 aromatic carbocycles. The summed E-state index contributed by atoms with van der Waals surface area (Å²) in [4.78, 5) is 0. The van der Waals surface area contributed by atoms with Crippen LogP contribution in [-0.2, 0) is 0 Å². The number of halogens is 4. The lowest BCUT2D eigenvalue weighted by molar-refractivity contribution is 0.870. The highest BCUT2D eigenvalue weighted by molar-refractivity contribution is 6.53. The zero-order valence-electron chi connectivity index (χ0n) is 7.67. The number of anilines is 1. The summed E-state index contributed by atoms with van der Waals surface area (Å²) in [5.74, 6) is 0.148. The van der Waals surface area contributed by atoms with E-state index in [9.17, 15) is 0 Å². The van der Waals surface area contributed by atoms with Crippen molar-refractivity contribution in [3.8, 4) is 0 Å². The van der Waals surface area contributed by atoms with Gasteiger partial charge in [-0.1, -0.05) is 60.3 Å². The van der Waals surface area contributed by atoms with Crippen molar-refractivity contribution in [2.75, 3.05) is 5.73 Å². The van der Waals surface area contributed by atoms with E-state index in [1.54, 1.807) is 0 Å². The molecule has 0 saturated heterocycles. The molecule has 0 radical (unpaired) electrons. The second kappa shape index (κ2) is 4.36. The number of nitrogen functional groups attached to an aromatic ring is 1. The fourth-order valence-corrected chi connectivity index (χ4v) is 2.33. The van der Waals surface area contributed by atoms with E-state index in [2.05, 4.69) is 0 Å². The molecule has 0 amide bonds. The molecule has 0 atom stereocenters. The molecule has 0 bridgehead atoms. The van der Waals surface area contributed by atoms with Gasteiger partial charge in [0.05, 0.1) is 25.8 Å². The number of benzene rings is 1. The van der Waals surface area contributed by atoms with Crippen LogP contribution in [-0.4, -0.2) is 0 Å². The van der Waals surface area contributed by atoms with Gasteiger partial charge in [0.25, 0.3) is 0 Å². The van der Waals surface area contributed by atoms with Gasteiger partial charge >= 0.3 is 0 Å². The van der Waals surface area contributed by atoms with Gasteiger partial charge in [0, 0.05) is 0 Å². The summed E-state index contributed by atoms with van der Waals surface area (Å²) in [6.45, 7) is 3.91. The summed E-state index contributed by atoms with van der Waals surface area (Å²) in [5.41, 5.74) is 6.94. The topological polar surface area (TPSA) is 26.0 Å². The average molecular weight is 273 g/mol. The number of rotatable bonds is 1. The van der Waals surface area contributed by atoms with Gasteiger partial charge in [0.2, 0.25) is 0 Å². The Morgan fingerprint density at radius 2 is 1.29 bits per heavy atom. The van der Waals surface area contributed by atoms with E-state index in [4.69, 9.17) is 52.1 Å². The first-order valence-electron chi connectivity index (χ1n) is 3.99. The third-order valence-electron chi connectivity index (χ3n) is 1.92. The smallest absolute Gasteiger partial charge is 0.0840 e. The minimum absolute atomic E-state index is 0.148. The number of hydrogen-bond donors (Lipinski definition) is 1. The maximum atomic E-state index is 6.02. The molecule has 0 heterocycles. The Morgan fingerprint density at radius 1 is 0.857 bits per heavy atom. The van der Waals surface area contributed by atoms with Crippen LogP contribution in [0, 0.1) is 0 Å². The quantitative estimate of drug-likeness (QED) is 0.434. The predicted octanol–water partition coefficient (Wildman–Crippen LogP) is 5.01. The molecule has 0 saturated carbocycles. The van der Waals surface area contributed by atoms with Crippen molar-refractivity contribution in [3.63, 3.8) is 0 Å². The predicted molar refractivity (Wildman–Crippen MR) is 65.0 cm³/mol. The van der Waals surface area contributed by atoms with Crippen molar-refractivity contribution in [1.29, 1.82) is 0 Å². The van der Waals surface area contributed by atoms with Crippen molar-refractivity contribution in [2.45, 2.75) is 19.8 Å². The van der Waals surface area contributed by atoms with Gasteiger partial charge in [-0.05, 0) is 11.5 Å². The average Bonchev–Trinajstić information content (AvgIpc) is 2.11. The molecule has 0 spiro atoms. The molecule has 14 heavy (non-hydrogen) atoms. The zero-order valence-corrected chi connectivity index (χ0v) is 10.7. The summed E-state index contributed by atoms with van der Waals surface area (Å²) in [6, 6.07) is 0. The van der Waals surface area contributed by atoms with Crippen LogP contribution in [0.4, 0.5) is 5.69 Å². The van der Waals surface area contributed by atoms with E-state index in [1.165, 1.54) is 0 Å². The molecule has 2 N–H and O–H groups in total. The lowest BCUT2D eigenvalue weighted by Crippen LogP contribution is -2.00. The Hall–Kier alpha value is 0.180. The van der Waals surface area contributed by atoms with Gasteiger partial charge in [-0.25, -0.2) is 0 Å². The maximum Gasteiger partial charge on any atom is 0.0840 e. The second-order valence-corrected chi connectivity index (χ2v) is 4.75. The lowest BCUT2D eigenvalue weighted by atomic mass is 10.0. The first kappa shape index (κ1) is 12.3. The molecule has 1 aromatic rings. The van der Waals surface area contributed by atoms with Gasteiger partial charge in [-0.3, -0.25) is 0 Å². The maximum absolute atomic E-state index is 6.02. The van der Waals surface area contributed by atoms with E-state index in [-0.39, 0.29) is 21.0 Å². The monoisotopic (exact) mass is 271 g/mol. The van der Waals surface area contributed by atoms with E-state index in [0.717, 1.165) is 5.56 Å². The van der Waals surface area contributed by atoms with Crippen LogP contribution in [0.5, 0.6) is 0 Å². The standard InChI is InChI=1S/C9H9Cl4N/c1-3(2)4-5(10)6(11)7(12)8(13)9(4)14/h3H,14H2,1-2H3. The molecule has 0 aliphatic heterocycles. The van der Waals surface area contributed by atoms with E-state index >= 15 is 0 Å². The summed E-state index contributed by atoms with van der Waals surface area (Å²) in [6.07, 6.45) is 0. The Kier molecular flexibility index (Phi) is 3.81. The largest absolute Gasteiger partial charge is 0.397 e. The van der Waals surface area contributed by atoms with Crippen LogP contribution in [0.3, 0.4) is 0 Å². The third kappa shape index (κ3) is 1.92. The van der Waals surface area contributed by atoms with Gasteiger partial charge < -0.3 is 5.73 Å². The van der Waals surface area contributed by atoms with Gasteiger partial charge in [-0.2, -0.15) is 0 Å². The fraction of sp³-hybridized carbons (Fsp3) is 0.333. The van der Waals surface area contributed by atoms with Crippen LogP contribution in [0.2, 0.25) is 20.1 Å². The number of nitrogens with two attached hydrogens (primary N) is 1. The van der Waals surface area contributed by atoms with E-state index in [0.29, 0.717) is 10.7 Å². The number of hydrogen-bond acceptors (Lipinski definition) is 1. The van der Waals surface area contributed by atoms with Crippen molar-refractivity contribution >= 4 is 52.1 Å². The molecular formula is C9H9Cl4N. The van der Waals surface area contributed by atoms with Crippen LogP contribution in [0.15, 0.2) is 0 Å². The lowest BCUT2D eigenvalue weighted by Gasteiger charge is -2.15. The fourth-order valence-electron chi connectivity index (χ4n) is 1.23. The molecular weight excluding hydrogens is 264 g/mol. The Bertz CT molecular complexity index is 345. The Labute approximate surface area is 103 Å². The van der Waals surface area contributed by atoms with Crippen LogP contribution in [0.25, 0.3) is 0 Å². The van der Waals surface area contributed by atoms with E-state index < -0.39 is 0 Å². The highest BCUT2D eigenvalue weighted by Gasteiger charge is 2.19. The summed E-state index contributed by atoms with van der Waals surface area (Å²) in [7, 11) is 0. The SMILES string of the molecule is CC(C)c1c(N)c(Cl)c(Cl)c(Cl)c1Cl. The second-order valence-electron chi connectivity index (χ2n) is 3.24. The molecule has 0 fully saturated rings. The van der Waals surface area contributed by atoms with Crippen molar-refractivity contribution < 1.29 is 0 Å². The normalized spacial score (nSPS) is 11.1. The Morgan fingerprint density at radius 3 is 1.71 bits per heavy atom. The minimum atomic E-state index is 0.148. The molecule has 0 unspecified atom stereocenters. The molecule has 0 aromatic heterocycles. The molecule has 0 aliphatic rings. The van der Waals surface area contributed by atoms with Gasteiger partial charge in [0.1, 0.15) is 0 Å². The highest BCUT2D eigenvalue weighted by atomic mass is 35.5. The summed E-state index contributed by atoms with van der Waals surface area (Å²) < 4.78 is 0. The highest BCUT2D eigenvalue weighted by Crippen LogP contribution is 2.45. The Balaban J connectivity index is 3.60. The van der Waals surface area contributed by atoms with Crippen molar-refractivity contribution in [3.05, 3.63) is 25.7 Å². The van der Waals surface area contributed by atoms with Crippen LogP contribution < -0.4 is 5.73 Å². The molecule has 5 heteroatoms. The summed E-state index contributed by atoms with van der Waals surface area (Å²) >= 11 is 23.7. The van der Waals surface area contributed by atoms with Crippen molar-refractivity contribution in [2.24, 2.45) is 0 Å². The molecule has 1 nitrogen and oxygen atoms in total. The van der Waals surface area contributed by atoms with E-state index in [1.807, 2.05) is 13.8 Å². The molecule has 0 aliphatic carbocycles. The summed E-state index contributed by atoms with van der Waals surface area (Å²) in [5, 5.41) is 1.12. The third-order valence-corrected chi connectivity index (χ3v) is 3.75.